The maximum Gasteiger partial charge on any atom is 0.408 e. The number of esters is 1. The lowest BCUT2D eigenvalue weighted by Gasteiger charge is -2.30. The Morgan fingerprint density at radius 1 is 0.561 bits per heavy atom. The summed E-state index contributed by atoms with van der Waals surface area (Å²) in [5, 5.41) is 29.5. The molecule has 39 heteroatoms. The molecule has 0 bridgehead atoms. The van der Waals surface area contributed by atoms with Gasteiger partial charge in [0, 0.05) is 73.1 Å². The monoisotopic (exact) mass is 1950 g/mol. The van der Waals surface area contributed by atoms with E-state index in [1.54, 1.807) is 56.7 Å². The number of fused-ring (bicyclic) bond motifs is 8. The number of aromatic nitrogens is 4. The van der Waals surface area contributed by atoms with Crippen LogP contribution < -0.4 is 51.5 Å². The number of pyridine rings is 2. The van der Waals surface area contributed by atoms with Crippen molar-refractivity contribution in [1.29, 1.82) is 0 Å². The van der Waals surface area contributed by atoms with Crippen LogP contribution in [-0.2, 0) is 66.8 Å². The van der Waals surface area contributed by atoms with Crippen molar-refractivity contribution >= 4 is 131 Å². The number of ether oxygens (including phenoxy) is 8. The first kappa shape index (κ1) is 96.5. The topological polar surface area (TPSA) is 450 Å². The maximum atomic E-state index is 14.7. The summed E-state index contributed by atoms with van der Waals surface area (Å²) in [5.41, 5.74) is -0.0703. The zero-order valence-electron chi connectivity index (χ0n) is 75.1. The number of carboxylic acids is 1. The van der Waals surface area contributed by atoms with E-state index in [-0.39, 0.29) is 84.0 Å². The lowest BCUT2D eigenvalue weighted by Crippen LogP contribution is -2.56. The molecule has 10 fully saturated rings. The molecule has 714 valence electrons. The van der Waals surface area contributed by atoms with E-state index in [9.17, 15) is 56.7 Å². The van der Waals surface area contributed by atoms with Gasteiger partial charge in [0.15, 0.2) is 5.43 Å². The summed E-state index contributed by atoms with van der Waals surface area (Å²) in [7, 11) is 0.216. The van der Waals surface area contributed by atoms with Crippen LogP contribution in [0.15, 0.2) is 96.2 Å². The van der Waals surface area contributed by atoms with E-state index in [1.807, 2.05) is 27.7 Å². The van der Waals surface area contributed by atoms with Crippen LogP contribution in [0.1, 0.15) is 182 Å². The summed E-state index contributed by atoms with van der Waals surface area (Å²) in [6.45, 7) is 9.07. The van der Waals surface area contributed by atoms with Crippen molar-refractivity contribution in [2.75, 3.05) is 71.5 Å². The highest BCUT2D eigenvalue weighted by atomic mass is 79.9. The Balaban J connectivity index is 0.000000163. The van der Waals surface area contributed by atoms with E-state index >= 15 is 0 Å². The smallest absolute Gasteiger partial charge is 0.408 e. The number of alkyl carbamates (subject to hydrolysis) is 2. The lowest BCUT2D eigenvalue weighted by atomic mass is 10.0. The number of methoxy groups -OCH3 is 3. The molecular weight excluding hydrogens is 1840 g/mol. The molecule has 6 amide bonds. The number of H-pyrrole nitrogens is 1. The predicted octanol–water partition coefficient (Wildman–Crippen LogP) is 13.8. The van der Waals surface area contributed by atoms with E-state index in [2.05, 4.69) is 62.8 Å². The van der Waals surface area contributed by atoms with Crippen molar-refractivity contribution < 1.29 is 103 Å². The SMILES string of the molecule is COC(=O)[C@@]12C[C@H]1CCCCCCC[C@H](NC(=O)OC1C[C@@H]3C[C@@H]3C1)C(=O)N1C[C@@H](OS(=O)(=O)c3ccc(Br)cc3)C[C@H]1C(=O)N2.COCCOc1ccc2c(=O)cc(-c3coc(NC(C)C)n3)[nH]c2c1Cl.COCCOc1ccc2c(O[C@@H]3C[C@H]4C(=O)N[C@]5(C(=O)O)C[C@H]5CCCCCCC[C@H](NC(=O)OC5C[C@@H]6C[C@@H]6C5)C(=O)N4C3)cc(-c3coc(NC(C)C)n3)nc2c1Cl. The second-order valence-electron chi connectivity index (χ2n) is 36.9. The summed E-state index contributed by atoms with van der Waals surface area (Å²) < 4.78 is 88.6. The molecular formula is C93H117BrCl2N12O23S. The van der Waals surface area contributed by atoms with Crippen LogP contribution in [0.2, 0.25) is 10.0 Å². The fraction of sp³-hybridized carbons (Fsp3) is 0.591. The highest BCUT2D eigenvalue weighted by Gasteiger charge is 2.64. The van der Waals surface area contributed by atoms with Gasteiger partial charge in [-0.15, -0.1) is 0 Å². The predicted molar refractivity (Wildman–Crippen MR) is 489 cm³/mol. The molecule has 16 atom stereocenters. The molecule has 3 aromatic carbocycles. The molecule has 4 aromatic heterocycles. The van der Waals surface area contributed by atoms with Crippen molar-refractivity contribution in [2.45, 2.75) is 258 Å². The van der Waals surface area contributed by atoms with Crippen LogP contribution >= 0.6 is 39.1 Å². The zero-order valence-corrected chi connectivity index (χ0v) is 79.0. The number of oxazole rings is 2. The molecule has 2 unspecified atom stereocenters. The number of anilines is 2. The number of nitrogens with one attached hydrogen (secondary N) is 7. The van der Waals surface area contributed by atoms with Crippen LogP contribution in [0.5, 0.6) is 17.2 Å². The second kappa shape index (κ2) is 42.3. The highest BCUT2D eigenvalue weighted by Crippen LogP contribution is 2.55. The number of nitrogens with zero attached hydrogens (tertiary/aromatic N) is 5. The van der Waals surface area contributed by atoms with Gasteiger partial charge in [0.1, 0.15) is 118 Å². The molecule has 8 N–H and O–H groups in total. The number of amides is 6. The molecule has 4 aliphatic heterocycles. The summed E-state index contributed by atoms with van der Waals surface area (Å²) >= 11 is 16.7. The van der Waals surface area contributed by atoms with Gasteiger partial charge in [-0.3, -0.25) is 28.2 Å². The minimum Gasteiger partial charge on any atom is -0.490 e. The number of carbonyl (C=O) groups is 8. The average Bonchev–Trinajstić information content (AvgIpc) is 1.57. The minimum absolute atomic E-state index is 0.0167. The van der Waals surface area contributed by atoms with Gasteiger partial charge in [0.25, 0.3) is 22.1 Å². The molecule has 7 aromatic rings. The van der Waals surface area contributed by atoms with Gasteiger partial charge in [0.2, 0.25) is 23.6 Å². The maximum absolute atomic E-state index is 14.7. The summed E-state index contributed by atoms with van der Waals surface area (Å²) in [6, 6.07) is 12.8. The van der Waals surface area contributed by atoms with Crippen LogP contribution in [0, 0.1) is 35.5 Å². The average molecular weight is 1950 g/mol. The molecule has 10 aliphatic rings. The first-order chi connectivity index (χ1) is 63.4. The van der Waals surface area contributed by atoms with Gasteiger partial charge in [-0.25, -0.2) is 24.2 Å². The van der Waals surface area contributed by atoms with Crippen molar-refractivity contribution in [3.63, 3.8) is 0 Å². The van der Waals surface area contributed by atoms with Crippen LogP contribution in [0.25, 0.3) is 44.6 Å². The Kier molecular flexibility index (Phi) is 30.9. The minimum atomic E-state index is -4.23. The summed E-state index contributed by atoms with van der Waals surface area (Å²) in [5.74, 6) is -0.359. The Bertz CT molecular complexity index is 5530. The molecule has 35 nitrogen and oxygen atoms in total. The summed E-state index contributed by atoms with van der Waals surface area (Å²) in [4.78, 5) is 141. The normalized spacial score (nSPS) is 27.5. The number of aromatic amines is 1. The van der Waals surface area contributed by atoms with E-state index in [4.69, 9.17) is 79.1 Å². The molecule has 6 aliphatic carbocycles. The third-order valence-electron chi connectivity index (χ3n) is 26.6. The summed E-state index contributed by atoms with van der Waals surface area (Å²) in [6.07, 6.45) is 16.5. The van der Waals surface area contributed by atoms with Gasteiger partial charge in [-0.1, -0.05) is 103 Å². The lowest BCUT2D eigenvalue weighted by molar-refractivity contribution is -0.148. The van der Waals surface area contributed by atoms with Crippen LogP contribution in [0.3, 0.4) is 0 Å². The number of hydrogen-bond acceptors (Lipinski definition) is 27. The Labute approximate surface area is 783 Å². The Morgan fingerprint density at radius 2 is 1.05 bits per heavy atom. The number of aliphatic carboxylic acids is 1. The molecule has 0 radical (unpaired) electrons. The number of rotatable bonds is 25. The van der Waals surface area contributed by atoms with Crippen molar-refractivity contribution in [1.82, 2.24) is 51.0 Å². The zero-order chi connectivity index (χ0) is 93.5. The van der Waals surface area contributed by atoms with E-state index in [0.29, 0.717) is 172 Å². The first-order valence-electron chi connectivity index (χ1n) is 45.9. The number of benzene rings is 3. The van der Waals surface area contributed by atoms with Crippen molar-refractivity contribution in [3.05, 3.63) is 97.9 Å². The van der Waals surface area contributed by atoms with Crippen LogP contribution in [0.4, 0.5) is 21.6 Å². The van der Waals surface area contributed by atoms with Crippen molar-refractivity contribution in [2.24, 2.45) is 35.5 Å². The van der Waals surface area contributed by atoms with Gasteiger partial charge in [-0.05, 0) is 189 Å². The molecule has 6 saturated carbocycles. The molecule has 0 spiro atoms. The Hall–Kier alpha value is -10.1. The number of carbonyl (C=O) groups excluding carboxylic acids is 7. The number of hydrogen-bond donors (Lipinski definition) is 8. The fourth-order valence-electron chi connectivity index (χ4n) is 19.4. The first-order valence-corrected chi connectivity index (χ1v) is 48.9. The molecule has 17 rings (SSSR count). The molecule has 8 heterocycles. The van der Waals surface area contributed by atoms with Crippen LogP contribution in [-0.4, -0.2) is 224 Å². The van der Waals surface area contributed by atoms with Gasteiger partial charge in [-0.2, -0.15) is 18.4 Å². The van der Waals surface area contributed by atoms with Crippen molar-refractivity contribution in [3.8, 4) is 40.0 Å². The second-order valence-corrected chi connectivity index (χ2v) is 40.2. The third kappa shape index (κ3) is 23.1. The van der Waals surface area contributed by atoms with E-state index in [1.165, 1.54) is 60.5 Å². The van der Waals surface area contributed by atoms with E-state index < -0.39 is 105 Å². The largest absolute Gasteiger partial charge is 0.490 e. The highest BCUT2D eigenvalue weighted by molar-refractivity contribution is 9.10. The standard InChI is InChI=1S/C43H55ClN6O10.C32H42BrN3O9S.C18H20ClN3O4/c1-23(2)45-41-47-32(22-58-41)31-19-35(29-11-12-34(57-14-13-56-3)36(44)37(29)46-31)59-28-18-33-38(51)49-43(40(53)54)20-26(43)9-7-5-4-6-8-10-30(39(52)50(33)21-28)48-42(55)60-27-16-24-15-25(24)17-27;1-43-30(39)32-17-21(32)7-5-3-2-4-6-8-26(34-31(40)44-23-14-19-13-20(19)15-23)29(38)36-18-24(16-27(36)28(37)35-32)45-46(41,42)25-11-9-22(33)10-12-25;1-10(2)20-18-22-13(9-26-18)12-8-14(23)11-4-5-15(25-7-6-24-3)16(19)17(11)21-12/h11-12,19,22-28,30,33H,4-10,13-18,20-21H2,1-3H3,(H,45,47)(H,48,55)(H,49,51)(H,53,54);9-12,19-21,23-24,26-27H,2-8,13-18H2,1H3,(H,34,40)(H,35,37);4-5,8-10H,6-7H2,1-3H3,(H,20,22)(H,21,23)/t24-,25+,26-,27?,28-,30+,33+,43-;19-,20+,21-,23?,24+,26+,27+,32-;/m11./s1. The molecule has 132 heavy (non-hydrogen) atoms. The third-order valence-corrected chi connectivity index (χ3v) is 29.3. The van der Waals surface area contributed by atoms with Gasteiger partial charge >= 0.3 is 24.1 Å². The number of carboxylic acid groups (broad SMARTS) is 1. The van der Waals surface area contributed by atoms with Gasteiger partial charge in [0.05, 0.1) is 60.3 Å². The molecule has 4 saturated heterocycles. The quantitative estimate of drug-likeness (QED) is 0.0114. The number of halogens is 3. The van der Waals surface area contributed by atoms with E-state index in [0.717, 1.165) is 83.5 Å². The Morgan fingerprint density at radius 3 is 1.58 bits per heavy atom. The fourth-order valence-corrected chi connectivity index (χ4v) is 21.3. The van der Waals surface area contributed by atoms with Gasteiger partial charge < -0.3 is 98.5 Å².